The highest BCUT2D eigenvalue weighted by molar-refractivity contribution is 7.13. The Kier molecular flexibility index (Phi) is 4.74. The highest BCUT2D eigenvalue weighted by Crippen LogP contribution is 2.15. The summed E-state index contributed by atoms with van der Waals surface area (Å²) in [6.07, 6.45) is 0.410. The number of aliphatic hydroxyl groups excluding tert-OH is 1. The van der Waals surface area contributed by atoms with Crippen molar-refractivity contribution >= 4 is 17.3 Å². The van der Waals surface area contributed by atoms with Crippen molar-refractivity contribution in [3.8, 4) is 0 Å². The van der Waals surface area contributed by atoms with Gasteiger partial charge in [-0.2, -0.15) is 0 Å². The van der Waals surface area contributed by atoms with E-state index in [0.29, 0.717) is 17.8 Å². The average molecular weight is 229 g/mol. The monoisotopic (exact) mass is 229 g/mol. The molecule has 3 N–H and O–H groups in total. The number of thiophene rings is 1. The van der Waals surface area contributed by atoms with Gasteiger partial charge in [0.1, 0.15) is 4.88 Å². The molecule has 0 aromatic carbocycles. The molecule has 5 heteroatoms. The van der Waals surface area contributed by atoms with E-state index in [4.69, 9.17) is 10.2 Å². The first-order chi connectivity index (χ1) is 7.09. The molecular formula is C10H15NO3S. The Labute approximate surface area is 92.6 Å². The van der Waals surface area contributed by atoms with Crippen LogP contribution in [0.4, 0.5) is 0 Å². The van der Waals surface area contributed by atoms with Crippen LogP contribution in [0.2, 0.25) is 0 Å². The SMILES string of the molecule is CC(O)CCNCc1ccc(C(=O)O)s1. The number of carbonyl (C=O) groups is 1. The van der Waals surface area contributed by atoms with Gasteiger partial charge >= 0.3 is 5.97 Å². The van der Waals surface area contributed by atoms with Crippen molar-refractivity contribution in [3.05, 3.63) is 21.9 Å². The lowest BCUT2D eigenvalue weighted by Crippen LogP contribution is -2.17. The molecule has 0 saturated heterocycles. The molecule has 1 aromatic heterocycles. The van der Waals surface area contributed by atoms with Crippen LogP contribution in [0.25, 0.3) is 0 Å². The first-order valence-corrected chi connectivity index (χ1v) is 5.62. The van der Waals surface area contributed by atoms with Crippen LogP contribution in [0.5, 0.6) is 0 Å². The maximum atomic E-state index is 10.6. The second-order valence-corrected chi connectivity index (χ2v) is 4.55. The van der Waals surface area contributed by atoms with Gasteiger partial charge in [0.05, 0.1) is 6.10 Å². The third kappa shape index (κ3) is 4.42. The molecule has 0 aliphatic rings. The number of aliphatic hydroxyl groups is 1. The molecule has 0 bridgehead atoms. The summed E-state index contributed by atoms with van der Waals surface area (Å²) in [5, 5.41) is 20.9. The van der Waals surface area contributed by atoms with E-state index in [-0.39, 0.29) is 6.10 Å². The Balaban J connectivity index is 2.29. The summed E-state index contributed by atoms with van der Waals surface area (Å²) in [6.45, 7) is 3.14. The van der Waals surface area contributed by atoms with Crippen LogP contribution in [-0.2, 0) is 6.54 Å². The minimum absolute atomic E-state index is 0.296. The second-order valence-electron chi connectivity index (χ2n) is 3.39. The third-order valence-electron chi connectivity index (χ3n) is 1.91. The van der Waals surface area contributed by atoms with Crippen LogP contribution in [0.1, 0.15) is 27.9 Å². The molecule has 0 fully saturated rings. The van der Waals surface area contributed by atoms with Crippen molar-refractivity contribution in [1.29, 1.82) is 0 Å². The molecule has 1 unspecified atom stereocenters. The molecule has 4 nitrogen and oxygen atoms in total. The summed E-state index contributed by atoms with van der Waals surface area (Å²) < 4.78 is 0. The molecule has 15 heavy (non-hydrogen) atoms. The average Bonchev–Trinajstić information content (AvgIpc) is 2.60. The number of hydrogen-bond donors (Lipinski definition) is 3. The first-order valence-electron chi connectivity index (χ1n) is 4.80. The lowest BCUT2D eigenvalue weighted by molar-refractivity contribution is 0.0702. The van der Waals surface area contributed by atoms with Gasteiger partial charge in [-0.05, 0) is 32.0 Å². The minimum atomic E-state index is -0.879. The molecule has 0 aliphatic carbocycles. The van der Waals surface area contributed by atoms with E-state index < -0.39 is 5.97 Å². The van der Waals surface area contributed by atoms with Crippen molar-refractivity contribution in [2.45, 2.75) is 26.0 Å². The third-order valence-corrected chi connectivity index (χ3v) is 2.98. The summed E-state index contributed by atoms with van der Waals surface area (Å²) in [7, 11) is 0. The molecule has 0 radical (unpaired) electrons. The van der Waals surface area contributed by atoms with Gasteiger partial charge in [-0.15, -0.1) is 11.3 Å². The summed E-state index contributed by atoms with van der Waals surface area (Å²) in [5.74, 6) is -0.879. The molecule has 84 valence electrons. The van der Waals surface area contributed by atoms with E-state index in [1.54, 1.807) is 13.0 Å². The Bertz CT molecular complexity index is 322. The van der Waals surface area contributed by atoms with Crippen LogP contribution in [0.15, 0.2) is 12.1 Å². The fraction of sp³-hybridized carbons (Fsp3) is 0.500. The fourth-order valence-electron chi connectivity index (χ4n) is 1.11. The zero-order valence-corrected chi connectivity index (χ0v) is 9.38. The van der Waals surface area contributed by atoms with Crippen molar-refractivity contribution in [1.82, 2.24) is 5.32 Å². The number of rotatable bonds is 6. The van der Waals surface area contributed by atoms with E-state index in [9.17, 15) is 4.79 Å². The zero-order valence-electron chi connectivity index (χ0n) is 8.56. The Hall–Kier alpha value is -0.910. The van der Waals surface area contributed by atoms with Gasteiger partial charge in [0.2, 0.25) is 0 Å². The number of carboxylic acids is 1. The molecule has 1 rings (SSSR count). The highest BCUT2D eigenvalue weighted by atomic mass is 32.1. The molecule has 1 atom stereocenters. The van der Waals surface area contributed by atoms with Crippen molar-refractivity contribution in [2.24, 2.45) is 0 Å². The van der Waals surface area contributed by atoms with Crippen molar-refractivity contribution in [3.63, 3.8) is 0 Å². The minimum Gasteiger partial charge on any atom is -0.477 e. The molecule has 1 aromatic rings. The van der Waals surface area contributed by atoms with Crippen LogP contribution in [-0.4, -0.2) is 28.8 Å². The molecule has 0 aliphatic heterocycles. The summed E-state index contributed by atoms with van der Waals surface area (Å²) in [6, 6.07) is 3.42. The topological polar surface area (TPSA) is 69.6 Å². The van der Waals surface area contributed by atoms with Crippen molar-refractivity contribution in [2.75, 3.05) is 6.54 Å². The molecule has 0 amide bonds. The Morgan fingerprint density at radius 2 is 2.33 bits per heavy atom. The number of aromatic carboxylic acids is 1. The number of nitrogens with one attached hydrogen (secondary N) is 1. The molecule has 1 heterocycles. The van der Waals surface area contributed by atoms with Gasteiger partial charge in [0.25, 0.3) is 0 Å². The van der Waals surface area contributed by atoms with E-state index >= 15 is 0 Å². The zero-order chi connectivity index (χ0) is 11.3. The summed E-state index contributed by atoms with van der Waals surface area (Å²) >= 11 is 1.28. The number of carboxylic acid groups (broad SMARTS) is 1. The van der Waals surface area contributed by atoms with Gasteiger partial charge in [-0.25, -0.2) is 4.79 Å². The summed E-state index contributed by atoms with van der Waals surface area (Å²) in [4.78, 5) is 12.0. The molecule has 0 spiro atoms. The van der Waals surface area contributed by atoms with E-state index in [0.717, 1.165) is 11.4 Å². The summed E-state index contributed by atoms with van der Waals surface area (Å²) in [5.41, 5.74) is 0. The smallest absolute Gasteiger partial charge is 0.345 e. The second kappa shape index (κ2) is 5.85. The molecular weight excluding hydrogens is 214 g/mol. The van der Waals surface area contributed by atoms with Crippen LogP contribution < -0.4 is 5.32 Å². The highest BCUT2D eigenvalue weighted by Gasteiger charge is 2.06. The lowest BCUT2D eigenvalue weighted by Gasteiger charge is -2.04. The predicted octanol–water partition coefficient (Wildman–Crippen LogP) is 1.31. The predicted molar refractivity (Wildman–Crippen MR) is 59.3 cm³/mol. The van der Waals surface area contributed by atoms with Gasteiger partial charge in [0.15, 0.2) is 0 Å². The largest absolute Gasteiger partial charge is 0.477 e. The van der Waals surface area contributed by atoms with Crippen LogP contribution in [0, 0.1) is 0 Å². The Morgan fingerprint density at radius 3 is 2.87 bits per heavy atom. The van der Waals surface area contributed by atoms with Crippen LogP contribution in [0.3, 0.4) is 0 Å². The number of hydrogen-bond acceptors (Lipinski definition) is 4. The molecule has 0 saturated carbocycles. The van der Waals surface area contributed by atoms with Gasteiger partial charge in [-0.3, -0.25) is 0 Å². The van der Waals surface area contributed by atoms with Gasteiger partial charge in [-0.1, -0.05) is 0 Å². The van der Waals surface area contributed by atoms with Gasteiger partial charge < -0.3 is 15.5 Å². The maximum absolute atomic E-state index is 10.6. The quantitative estimate of drug-likeness (QED) is 0.643. The van der Waals surface area contributed by atoms with E-state index in [1.807, 2.05) is 6.07 Å². The van der Waals surface area contributed by atoms with Crippen LogP contribution >= 0.6 is 11.3 Å². The fourth-order valence-corrected chi connectivity index (χ4v) is 1.93. The van der Waals surface area contributed by atoms with Gasteiger partial charge in [0, 0.05) is 11.4 Å². The first kappa shape index (κ1) is 12.2. The Morgan fingerprint density at radius 1 is 1.60 bits per heavy atom. The normalized spacial score (nSPS) is 12.7. The lowest BCUT2D eigenvalue weighted by atomic mass is 10.3. The standard InChI is InChI=1S/C10H15NO3S/c1-7(12)4-5-11-6-8-2-3-9(15-8)10(13)14/h2-3,7,11-12H,4-6H2,1H3,(H,13,14). The maximum Gasteiger partial charge on any atom is 0.345 e. The van der Waals surface area contributed by atoms with E-state index in [1.165, 1.54) is 11.3 Å². The van der Waals surface area contributed by atoms with E-state index in [2.05, 4.69) is 5.32 Å². The van der Waals surface area contributed by atoms with Crippen molar-refractivity contribution < 1.29 is 15.0 Å².